The number of alkyl halides is 6. The van der Waals surface area contributed by atoms with Crippen molar-refractivity contribution in [2.75, 3.05) is 23.4 Å². The third kappa shape index (κ3) is 8.68. The maximum Gasteiger partial charge on any atom is 0.426 e. The number of hydrogen-bond donors (Lipinski definition) is 1. The highest BCUT2D eigenvalue weighted by Gasteiger charge is 2.61. The Bertz CT molecular complexity index is 1690. The molecule has 50 heavy (non-hydrogen) atoms. The van der Waals surface area contributed by atoms with Gasteiger partial charge in [0.1, 0.15) is 23.6 Å². The van der Waals surface area contributed by atoms with Crippen LogP contribution in [0.2, 0.25) is 0 Å². The van der Waals surface area contributed by atoms with E-state index in [4.69, 9.17) is 18.6 Å². The zero-order chi connectivity index (χ0) is 36.9. The number of nitrogens with zero attached hydrogens (tertiary/aromatic N) is 4. The van der Waals surface area contributed by atoms with Crippen LogP contribution < -0.4 is 10.2 Å². The van der Waals surface area contributed by atoms with E-state index in [1.165, 1.54) is 32.9 Å². The first-order valence-corrected chi connectivity index (χ1v) is 15.2. The Morgan fingerprint density at radius 1 is 1.08 bits per heavy atom. The largest absolute Gasteiger partial charge is 0.444 e. The van der Waals surface area contributed by atoms with Gasteiger partial charge in [0.25, 0.3) is 17.7 Å². The fourth-order valence-corrected chi connectivity index (χ4v) is 5.01. The van der Waals surface area contributed by atoms with E-state index in [9.17, 15) is 35.9 Å². The topological polar surface area (TPSA) is 129 Å². The fraction of sp³-hybridized carbons (Fsp3) is 0.424. The molecule has 4 rings (SSSR count). The van der Waals surface area contributed by atoms with Crippen LogP contribution in [0.4, 0.5) is 42.6 Å². The minimum Gasteiger partial charge on any atom is -0.444 e. The summed E-state index contributed by atoms with van der Waals surface area (Å²) in [6, 6.07) is 7.44. The number of nitrogens with one attached hydrogen (secondary N) is 1. The van der Waals surface area contributed by atoms with E-state index in [1.807, 2.05) is 0 Å². The van der Waals surface area contributed by atoms with Crippen molar-refractivity contribution in [2.24, 2.45) is 0 Å². The van der Waals surface area contributed by atoms with E-state index in [0.717, 1.165) is 4.90 Å². The van der Waals surface area contributed by atoms with E-state index in [2.05, 4.69) is 33.7 Å². The molecule has 1 saturated heterocycles. The van der Waals surface area contributed by atoms with Crippen LogP contribution in [0.5, 0.6) is 0 Å². The number of anilines is 2. The monoisotopic (exact) mass is 711 g/mol. The van der Waals surface area contributed by atoms with Crippen LogP contribution in [0.25, 0.3) is 11.6 Å². The first kappa shape index (κ1) is 38.0. The second-order valence-corrected chi connectivity index (χ2v) is 12.2. The number of pyridine rings is 1. The molecule has 1 fully saturated rings. The highest BCUT2D eigenvalue weighted by Crippen LogP contribution is 2.47. The Balaban J connectivity index is 1.95. The first-order chi connectivity index (χ1) is 23.4. The standard InChI is InChI=1S/C33H35F6N5O6/c1-6-8-15-31(33(37,38)39,48-17-20-13-10-9-11-14-20)28-43-42-27(49-28)25-23(40-29(46)50-30(3,4)5)16-22(32(34,35)36)26(41-25)44-21(12-7-2)18-47-19-24(44)45/h6-7,9-11,13-14,16,21H,1-2,8,12,15,17-19H2,3-5H3,(H,40,46)/t21-,31?/m1/s1. The summed E-state index contributed by atoms with van der Waals surface area (Å²) in [5, 5.41) is 9.51. The molecule has 0 aliphatic carbocycles. The van der Waals surface area contributed by atoms with Gasteiger partial charge in [-0.15, -0.1) is 23.4 Å². The molecule has 0 spiro atoms. The van der Waals surface area contributed by atoms with Gasteiger partial charge in [0.05, 0.1) is 24.9 Å². The van der Waals surface area contributed by atoms with Gasteiger partial charge >= 0.3 is 18.4 Å². The molecule has 11 nitrogen and oxygen atoms in total. The quantitative estimate of drug-likeness (QED) is 0.148. The third-order valence-corrected chi connectivity index (χ3v) is 7.24. The highest BCUT2D eigenvalue weighted by molar-refractivity contribution is 5.97. The number of halogens is 6. The molecule has 1 aromatic carbocycles. The molecule has 0 saturated carbocycles. The minimum atomic E-state index is -5.15. The molecule has 0 radical (unpaired) electrons. The van der Waals surface area contributed by atoms with Crippen LogP contribution in [0.15, 0.2) is 66.1 Å². The lowest BCUT2D eigenvalue weighted by Crippen LogP contribution is -2.50. The van der Waals surface area contributed by atoms with Crippen LogP contribution in [-0.2, 0) is 37.4 Å². The summed E-state index contributed by atoms with van der Waals surface area (Å²) in [5.74, 6) is -3.73. The minimum absolute atomic E-state index is 0.00117. The normalized spacial score (nSPS) is 16.9. The summed E-state index contributed by atoms with van der Waals surface area (Å²) in [4.78, 5) is 30.7. The second kappa shape index (κ2) is 15.0. The van der Waals surface area contributed by atoms with E-state index in [1.54, 1.807) is 30.3 Å². The maximum atomic E-state index is 15.0. The van der Waals surface area contributed by atoms with Crippen LogP contribution in [-0.4, -0.2) is 58.2 Å². The average Bonchev–Trinajstić information content (AvgIpc) is 3.50. The zero-order valence-corrected chi connectivity index (χ0v) is 27.4. The Morgan fingerprint density at radius 2 is 1.78 bits per heavy atom. The molecule has 1 aliphatic rings. The van der Waals surface area contributed by atoms with Gasteiger partial charge < -0.3 is 18.6 Å². The van der Waals surface area contributed by atoms with Crippen LogP contribution in [0.1, 0.15) is 57.1 Å². The van der Waals surface area contributed by atoms with Gasteiger partial charge in [-0.2, -0.15) is 26.3 Å². The molecule has 2 atom stereocenters. The number of hydrogen-bond acceptors (Lipinski definition) is 9. The second-order valence-electron chi connectivity index (χ2n) is 12.2. The lowest BCUT2D eigenvalue weighted by atomic mass is 9.96. The smallest absolute Gasteiger partial charge is 0.426 e. The Morgan fingerprint density at radius 3 is 2.38 bits per heavy atom. The molecule has 1 unspecified atom stereocenters. The third-order valence-electron chi connectivity index (χ3n) is 7.24. The van der Waals surface area contributed by atoms with Crippen molar-refractivity contribution >= 4 is 23.5 Å². The van der Waals surface area contributed by atoms with Gasteiger partial charge in [-0.05, 0) is 51.7 Å². The van der Waals surface area contributed by atoms with Gasteiger partial charge in [-0.1, -0.05) is 42.5 Å². The SMILES string of the molecule is C=CCCC(OCc1ccccc1)(c1nnc(-c2nc(N3C(=O)COC[C@H]3CC=C)c(C(F)(F)F)cc2NC(=O)OC(C)(C)C)o1)C(F)(F)F. The Hall–Kier alpha value is -4.77. The first-order valence-electron chi connectivity index (χ1n) is 15.2. The number of carbonyl (C=O) groups excluding carboxylic acids is 2. The fourth-order valence-electron chi connectivity index (χ4n) is 5.01. The van der Waals surface area contributed by atoms with Crippen molar-refractivity contribution in [3.63, 3.8) is 0 Å². The van der Waals surface area contributed by atoms with Gasteiger partial charge in [0, 0.05) is 0 Å². The highest BCUT2D eigenvalue weighted by atomic mass is 19.4. The van der Waals surface area contributed by atoms with Gasteiger partial charge in [-0.3, -0.25) is 15.0 Å². The van der Waals surface area contributed by atoms with Crippen molar-refractivity contribution < 1.29 is 54.6 Å². The molecular formula is C33H35F6N5O6. The Kier molecular flexibility index (Phi) is 11.4. The number of carbonyl (C=O) groups is 2. The molecule has 17 heteroatoms. The molecule has 1 N–H and O–H groups in total. The molecule has 1 aliphatic heterocycles. The zero-order valence-electron chi connectivity index (χ0n) is 27.4. The molecular weight excluding hydrogens is 676 g/mol. The maximum absolute atomic E-state index is 15.0. The van der Waals surface area contributed by atoms with E-state index < -0.39 is 95.8 Å². The molecule has 2 amide bonds. The van der Waals surface area contributed by atoms with Gasteiger partial charge in [0.15, 0.2) is 5.69 Å². The van der Waals surface area contributed by atoms with Crippen molar-refractivity contribution in [2.45, 2.75) is 76.2 Å². The number of benzene rings is 1. The van der Waals surface area contributed by atoms with Gasteiger partial charge in [0.2, 0.25) is 5.60 Å². The van der Waals surface area contributed by atoms with E-state index in [0.29, 0.717) is 11.6 Å². The summed E-state index contributed by atoms with van der Waals surface area (Å²) in [6.45, 7) is 10.3. The number of amides is 2. The van der Waals surface area contributed by atoms with E-state index >= 15 is 0 Å². The molecule has 2 aromatic heterocycles. The molecule has 3 aromatic rings. The van der Waals surface area contributed by atoms with Crippen molar-refractivity contribution in [1.82, 2.24) is 15.2 Å². The lowest BCUT2D eigenvalue weighted by Gasteiger charge is -2.35. The molecule has 0 bridgehead atoms. The van der Waals surface area contributed by atoms with Crippen molar-refractivity contribution in [3.05, 3.63) is 78.7 Å². The van der Waals surface area contributed by atoms with Crippen molar-refractivity contribution in [1.29, 1.82) is 0 Å². The predicted molar refractivity (Wildman–Crippen MR) is 168 cm³/mol. The number of aromatic nitrogens is 3. The van der Waals surface area contributed by atoms with E-state index in [-0.39, 0.29) is 19.4 Å². The molecule has 3 heterocycles. The molecule has 270 valence electrons. The van der Waals surface area contributed by atoms with Gasteiger partial charge in [-0.25, -0.2) is 9.78 Å². The number of rotatable bonds is 12. The number of allylic oxidation sites excluding steroid dienone is 1. The summed E-state index contributed by atoms with van der Waals surface area (Å²) in [5.41, 5.74) is -6.77. The number of ether oxygens (including phenoxy) is 3. The van der Waals surface area contributed by atoms with Crippen LogP contribution in [0, 0.1) is 0 Å². The Labute approximate surface area is 283 Å². The average molecular weight is 712 g/mol. The summed E-state index contributed by atoms with van der Waals surface area (Å²) < 4.78 is 110. The van der Waals surface area contributed by atoms with Crippen molar-refractivity contribution in [3.8, 4) is 11.6 Å². The van der Waals surface area contributed by atoms with Crippen LogP contribution >= 0.6 is 0 Å². The summed E-state index contributed by atoms with van der Waals surface area (Å²) in [7, 11) is 0. The predicted octanol–water partition coefficient (Wildman–Crippen LogP) is 7.75. The van der Waals surface area contributed by atoms with Crippen LogP contribution in [0.3, 0.4) is 0 Å². The lowest BCUT2D eigenvalue weighted by molar-refractivity contribution is -0.299. The summed E-state index contributed by atoms with van der Waals surface area (Å²) in [6.07, 6.45) is -9.90. The summed E-state index contributed by atoms with van der Waals surface area (Å²) >= 11 is 0. The number of morpholine rings is 1.